The first-order chi connectivity index (χ1) is 10.2. The predicted octanol–water partition coefficient (Wildman–Crippen LogP) is 2.93. The predicted molar refractivity (Wildman–Crippen MR) is 86.0 cm³/mol. The number of fused-ring (bicyclic) bond motifs is 1. The summed E-state index contributed by atoms with van der Waals surface area (Å²) >= 11 is 5.91. The van der Waals surface area contributed by atoms with Gasteiger partial charge in [0.05, 0.1) is 12.3 Å². The standard InChI is InChI=1S/C15H25ClN4O/c1-4-6-10-21-11-9-20-13(7-8-16)17-14-12(5-2)18-19(3)15(14)20/h4-11H2,1-3H3. The van der Waals surface area contributed by atoms with Gasteiger partial charge < -0.3 is 9.30 Å². The van der Waals surface area contributed by atoms with Gasteiger partial charge in [-0.15, -0.1) is 11.6 Å². The lowest BCUT2D eigenvalue weighted by Gasteiger charge is -2.09. The average molecular weight is 313 g/mol. The van der Waals surface area contributed by atoms with Gasteiger partial charge in [-0.05, 0) is 12.8 Å². The van der Waals surface area contributed by atoms with Crippen molar-refractivity contribution in [3.63, 3.8) is 0 Å². The first kappa shape index (κ1) is 16.3. The number of ether oxygens (including phenoxy) is 1. The van der Waals surface area contributed by atoms with E-state index in [4.69, 9.17) is 21.3 Å². The number of nitrogens with zero attached hydrogens (tertiary/aromatic N) is 4. The SMILES string of the molecule is CCCCOCCn1c(CCCl)nc2c(CC)nn(C)c21. The van der Waals surface area contributed by atoms with E-state index in [9.17, 15) is 0 Å². The number of hydrogen-bond acceptors (Lipinski definition) is 3. The molecule has 0 unspecified atom stereocenters. The molecule has 21 heavy (non-hydrogen) atoms. The molecule has 0 saturated heterocycles. The van der Waals surface area contributed by atoms with Crippen LogP contribution in [0.25, 0.3) is 11.2 Å². The molecule has 0 aliphatic rings. The topological polar surface area (TPSA) is 44.9 Å². The number of halogens is 1. The molecule has 0 bridgehead atoms. The highest BCUT2D eigenvalue weighted by Gasteiger charge is 2.17. The van der Waals surface area contributed by atoms with Gasteiger partial charge in [0.2, 0.25) is 0 Å². The summed E-state index contributed by atoms with van der Waals surface area (Å²) in [5.41, 5.74) is 3.13. The summed E-state index contributed by atoms with van der Waals surface area (Å²) in [6.45, 7) is 6.60. The fraction of sp³-hybridized carbons (Fsp3) is 0.733. The van der Waals surface area contributed by atoms with Crippen LogP contribution in [0.2, 0.25) is 0 Å². The molecule has 0 fully saturated rings. The summed E-state index contributed by atoms with van der Waals surface area (Å²) in [5.74, 6) is 1.61. The van der Waals surface area contributed by atoms with Crippen LogP contribution in [0.4, 0.5) is 0 Å². The Labute approximate surface area is 131 Å². The lowest BCUT2D eigenvalue weighted by molar-refractivity contribution is 0.123. The Morgan fingerprint density at radius 1 is 1.24 bits per heavy atom. The first-order valence-electron chi connectivity index (χ1n) is 7.77. The molecule has 0 N–H and O–H groups in total. The second-order valence-corrected chi connectivity index (χ2v) is 5.56. The van der Waals surface area contributed by atoms with E-state index in [1.165, 1.54) is 0 Å². The summed E-state index contributed by atoms with van der Waals surface area (Å²) in [5, 5.41) is 4.55. The Kier molecular flexibility index (Phi) is 6.06. The molecule has 2 rings (SSSR count). The summed E-state index contributed by atoms with van der Waals surface area (Å²) in [7, 11) is 1.97. The van der Waals surface area contributed by atoms with E-state index in [-0.39, 0.29) is 0 Å². The van der Waals surface area contributed by atoms with E-state index in [1.54, 1.807) is 0 Å². The number of imidazole rings is 1. The smallest absolute Gasteiger partial charge is 0.158 e. The Bertz CT molecular complexity index is 576. The molecular formula is C15H25ClN4O. The van der Waals surface area contributed by atoms with Crippen LogP contribution in [0.1, 0.15) is 38.2 Å². The third kappa shape index (κ3) is 3.58. The lowest BCUT2D eigenvalue weighted by atomic mass is 10.3. The van der Waals surface area contributed by atoms with E-state index in [1.807, 2.05) is 11.7 Å². The third-order valence-electron chi connectivity index (χ3n) is 3.62. The molecule has 0 atom stereocenters. The maximum Gasteiger partial charge on any atom is 0.158 e. The minimum Gasteiger partial charge on any atom is -0.380 e. The number of hydrogen-bond donors (Lipinski definition) is 0. The fourth-order valence-corrected chi connectivity index (χ4v) is 2.71. The molecule has 0 aromatic carbocycles. The molecule has 0 aliphatic heterocycles. The van der Waals surface area contributed by atoms with Crippen LogP contribution < -0.4 is 0 Å². The van der Waals surface area contributed by atoms with Crippen molar-refractivity contribution >= 4 is 22.8 Å². The molecule has 2 aromatic rings. The Balaban J connectivity index is 2.21. The molecule has 5 nitrogen and oxygen atoms in total. The highest BCUT2D eigenvalue weighted by Crippen LogP contribution is 2.20. The molecular weight excluding hydrogens is 288 g/mol. The third-order valence-corrected chi connectivity index (χ3v) is 3.81. The molecule has 6 heteroatoms. The summed E-state index contributed by atoms with van der Waals surface area (Å²) in [6.07, 6.45) is 3.93. The number of unbranched alkanes of at least 4 members (excludes halogenated alkanes) is 1. The lowest BCUT2D eigenvalue weighted by Crippen LogP contribution is -2.12. The van der Waals surface area contributed by atoms with Gasteiger partial charge >= 0.3 is 0 Å². The summed E-state index contributed by atoms with van der Waals surface area (Å²) in [6, 6.07) is 0. The zero-order valence-electron chi connectivity index (χ0n) is 13.2. The van der Waals surface area contributed by atoms with E-state index < -0.39 is 0 Å². The summed E-state index contributed by atoms with van der Waals surface area (Å²) < 4.78 is 9.82. The van der Waals surface area contributed by atoms with Crippen LogP contribution in [0.15, 0.2) is 0 Å². The van der Waals surface area contributed by atoms with E-state index in [2.05, 4.69) is 23.5 Å². The quantitative estimate of drug-likeness (QED) is 0.528. The number of aryl methyl sites for hydroxylation is 3. The molecule has 0 aliphatic carbocycles. The van der Waals surface area contributed by atoms with Gasteiger partial charge in [-0.2, -0.15) is 5.10 Å². The van der Waals surface area contributed by atoms with Gasteiger partial charge in [-0.3, -0.25) is 4.68 Å². The molecule has 118 valence electrons. The second kappa shape index (κ2) is 7.80. The number of aromatic nitrogens is 4. The highest BCUT2D eigenvalue weighted by molar-refractivity contribution is 6.17. The molecule has 0 saturated carbocycles. The zero-order chi connectivity index (χ0) is 15.2. The molecule has 2 aromatic heterocycles. The van der Waals surface area contributed by atoms with Crippen molar-refractivity contribution in [3.05, 3.63) is 11.5 Å². The van der Waals surface area contributed by atoms with Crippen LogP contribution in [-0.4, -0.2) is 38.4 Å². The van der Waals surface area contributed by atoms with Gasteiger partial charge in [0.15, 0.2) is 5.65 Å². The molecule has 2 heterocycles. The van der Waals surface area contributed by atoms with E-state index in [0.717, 1.165) is 61.5 Å². The highest BCUT2D eigenvalue weighted by atomic mass is 35.5. The van der Waals surface area contributed by atoms with Gasteiger partial charge in [0, 0.05) is 32.5 Å². The van der Waals surface area contributed by atoms with Crippen LogP contribution in [0.3, 0.4) is 0 Å². The Hall–Kier alpha value is -1.07. The van der Waals surface area contributed by atoms with Crippen molar-refractivity contribution in [3.8, 4) is 0 Å². The van der Waals surface area contributed by atoms with Gasteiger partial charge in [-0.1, -0.05) is 20.3 Å². The fourth-order valence-electron chi connectivity index (χ4n) is 2.54. The number of alkyl halides is 1. The molecule has 0 radical (unpaired) electrons. The van der Waals surface area contributed by atoms with Gasteiger partial charge in [-0.25, -0.2) is 4.98 Å². The zero-order valence-corrected chi connectivity index (χ0v) is 14.0. The normalized spacial score (nSPS) is 11.6. The van der Waals surface area contributed by atoms with Crippen LogP contribution in [-0.2, 0) is 31.2 Å². The minimum atomic E-state index is 0.578. The van der Waals surface area contributed by atoms with Crippen LogP contribution >= 0.6 is 11.6 Å². The van der Waals surface area contributed by atoms with Crippen molar-refractivity contribution in [2.24, 2.45) is 7.05 Å². The number of rotatable bonds is 9. The van der Waals surface area contributed by atoms with Crippen molar-refractivity contribution in [2.75, 3.05) is 19.1 Å². The maximum absolute atomic E-state index is 5.91. The van der Waals surface area contributed by atoms with E-state index >= 15 is 0 Å². The van der Waals surface area contributed by atoms with Crippen molar-refractivity contribution in [1.82, 2.24) is 19.3 Å². The van der Waals surface area contributed by atoms with Gasteiger partial charge in [0.1, 0.15) is 11.3 Å². The minimum absolute atomic E-state index is 0.578. The van der Waals surface area contributed by atoms with Crippen LogP contribution in [0.5, 0.6) is 0 Å². The Morgan fingerprint density at radius 2 is 2.05 bits per heavy atom. The largest absolute Gasteiger partial charge is 0.380 e. The monoisotopic (exact) mass is 312 g/mol. The van der Waals surface area contributed by atoms with Crippen molar-refractivity contribution < 1.29 is 4.74 Å². The summed E-state index contributed by atoms with van der Waals surface area (Å²) in [4.78, 5) is 4.75. The maximum atomic E-state index is 5.91. The van der Waals surface area contributed by atoms with Crippen LogP contribution in [0, 0.1) is 0 Å². The molecule has 0 spiro atoms. The molecule has 0 amide bonds. The van der Waals surface area contributed by atoms with Crippen molar-refractivity contribution in [2.45, 2.75) is 46.1 Å². The second-order valence-electron chi connectivity index (χ2n) is 5.18. The Morgan fingerprint density at radius 3 is 2.71 bits per heavy atom. The van der Waals surface area contributed by atoms with Crippen molar-refractivity contribution in [1.29, 1.82) is 0 Å². The average Bonchev–Trinajstić information content (AvgIpc) is 2.98. The van der Waals surface area contributed by atoms with E-state index in [0.29, 0.717) is 12.5 Å². The first-order valence-corrected chi connectivity index (χ1v) is 8.31. The van der Waals surface area contributed by atoms with Gasteiger partial charge in [0.25, 0.3) is 0 Å².